The molecule has 0 aliphatic heterocycles. The molecule has 0 saturated heterocycles. The van der Waals surface area contributed by atoms with Crippen molar-refractivity contribution in [3.63, 3.8) is 0 Å². The Balaban J connectivity index is 2.42. The summed E-state index contributed by atoms with van der Waals surface area (Å²) in [6.45, 7) is 2.78. The van der Waals surface area contributed by atoms with Gasteiger partial charge in [-0.25, -0.2) is 18.4 Å². The van der Waals surface area contributed by atoms with Crippen LogP contribution >= 0.6 is 0 Å². The van der Waals surface area contributed by atoms with Crippen molar-refractivity contribution in [1.82, 2.24) is 14.8 Å². The second-order valence-corrected chi connectivity index (χ2v) is 6.23. The molecule has 1 heterocycles. The van der Waals surface area contributed by atoms with E-state index in [2.05, 4.69) is 15.1 Å². The highest BCUT2D eigenvalue weighted by Gasteiger charge is 2.15. The van der Waals surface area contributed by atoms with E-state index < -0.39 is 10.0 Å². The zero-order valence-corrected chi connectivity index (χ0v) is 12.5. The number of rotatable bonds is 5. The van der Waals surface area contributed by atoms with Crippen molar-refractivity contribution >= 4 is 26.7 Å². The van der Waals surface area contributed by atoms with E-state index in [1.165, 1.54) is 5.01 Å². The maximum Gasteiger partial charge on any atom is 0.253 e. The summed E-state index contributed by atoms with van der Waals surface area (Å²) in [5, 5.41) is 5.30. The molecule has 108 valence electrons. The maximum atomic E-state index is 12.1. The summed E-state index contributed by atoms with van der Waals surface area (Å²) in [6, 6.07) is 8.57. The van der Waals surface area contributed by atoms with Gasteiger partial charge in [-0.05, 0) is 37.3 Å². The van der Waals surface area contributed by atoms with Gasteiger partial charge in [0.25, 0.3) is 10.0 Å². The van der Waals surface area contributed by atoms with E-state index in [9.17, 15) is 8.42 Å². The fraction of sp³-hybridized carbons (Fsp3) is 0.308. The summed E-state index contributed by atoms with van der Waals surface area (Å²) in [5.74, 6) is 0.780. The first-order valence-electron chi connectivity index (χ1n) is 6.27. The van der Waals surface area contributed by atoms with Gasteiger partial charge in [-0.1, -0.05) is 0 Å². The Kier molecular flexibility index (Phi) is 4.22. The van der Waals surface area contributed by atoms with Crippen LogP contribution in [0.3, 0.4) is 0 Å². The van der Waals surface area contributed by atoms with E-state index in [0.29, 0.717) is 0 Å². The summed E-state index contributed by atoms with van der Waals surface area (Å²) >= 11 is 0. The molecule has 0 radical (unpaired) electrons. The van der Waals surface area contributed by atoms with E-state index in [1.54, 1.807) is 32.3 Å². The lowest BCUT2D eigenvalue weighted by Crippen LogP contribution is -2.36. The van der Waals surface area contributed by atoms with Crippen LogP contribution in [-0.2, 0) is 10.0 Å². The number of hydrazine groups is 1. The van der Waals surface area contributed by atoms with Gasteiger partial charge < -0.3 is 5.32 Å². The molecule has 1 aromatic heterocycles. The topological polar surface area (TPSA) is 74.3 Å². The summed E-state index contributed by atoms with van der Waals surface area (Å²) in [5.41, 5.74) is 0.757. The van der Waals surface area contributed by atoms with Crippen molar-refractivity contribution in [2.75, 3.05) is 26.0 Å². The molecule has 0 aliphatic rings. The Morgan fingerprint density at radius 2 is 1.95 bits per heavy atom. The molecule has 0 fully saturated rings. The van der Waals surface area contributed by atoms with Gasteiger partial charge in [0.1, 0.15) is 5.82 Å². The molecule has 0 spiro atoms. The van der Waals surface area contributed by atoms with Crippen LogP contribution in [0.5, 0.6) is 0 Å². The van der Waals surface area contributed by atoms with Crippen LogP contribution in [0, 0.1) is 0 Å². The number of hydrogen-bond acceptors (Lipinski definition) is 5. The van der Waals surface area contributed by atoms with E-state index in [-0.39, 0.29) is 4.90 Å². The number of hydrogen-bond donors (Lipinski definition) is 2. The Morgan fingerprint density at radius 1 is 1.20 bits per heavy atom. The summed E-state index contributed by atoms with van der Waals surface area (Å²) < 4.78 is 24.1. The molecular formula is C13H18N4O2S. The first kappa shape index (κ1) is 14.7. The van der Waals surface area contributed by atoms with Gasteiger partial charge in [-0.2, -0.15) is 0 Å². The molecule has 2 rings (SSSR count). The molecule has 2 aromatic rings. The molecule has 0 bridgehead atoms. The molecule has 0 atom stereocenters. The zero-order chi connectivity index (χ0) is 14.8. The number of fused-ring (bicyclic) bond motifs is 1. The third kappa shape index (κ3) is 3.24. The predicted octanol–water partition coefficient (Wildman–Crippen LogP) is 1.42. The molecule has 6 nitrogen and oxygen atoms in total. The number of sulfonamides is 1. The molecule has 0 aliphatic carbocycles. The SMILES string of the molecule is CCNc1ccc2cc(S(=O)(=O)NN(C)C)ccc2n1. The van der Waals surface area contributed by atoms with E-state index in [4.69, 9.17) is 0 Å². The molecule has 0 amide bonds. The second-order valence-electron chi connectivity index (χ2n) is 4.57. The minimum Gasteiger partial charge on any atom is -0.370 e. The molecule has 7 heteroatoms. The largest absolute Gasteiger partial charge is 0.370 e. The summed E-state index contributed by atoms with van der Waals surface area (Å²) in [6.07, 6.45) is 0. The normalized spacial score (nSPS) is 12.0. The van der Waals surface area contributed by atoms with Gasteiger partial charge in [-0.3, -0.25) is 0 Å². The molecule has 0 unspecified atom stereocenters. The van der Waals surface area contributed by atoms with Crippen molar-refractivity contribution in [2.45, 2.75) is 11.8 Å². The van der Waals surface area contributed by atoms with Crippen LogP contribution in [0.4, 0.5) is 5.82 Å². The Hall–Kier alpha value is -1.70. The van der Waals surface area contributed by atoms with Crippen LogP contribution in [0.15, 0.2) is 35.2 Å². The number of nitrogens with zero attached hydrogens (tertiary/aromatic N) is 2. The standard InChI is InChI=1S/C13H18N4O2S/c1-4-14-13-8-5-10-9-11(6-7-12(10)15-13)20(18,19)16-17(2)3/h5-9,16H,4H2,1-3H3,(H,14,15). The fourth-order valence-corrected chi connectivity index (χ4v) is 2.96. The van der Waals surface area contributed by atoms with Crippen molar-refractivity contribution in [1.29, 1.82) is 0 Å². The Labute approximate surface area is 118 Å². The van der Waals surface area contributed by atoms with Gasteiger partial charge in [-0.15, -0.1) is 4.83 Å². The van der Waals surface area contributed by atoms with E-state index in [0.717, 1.165) is 23.3 Å². The van der Waals surface area contributed by atoms with Gasteiger partial charge in [0, 0.05) is 26.0 Å². The summed E-state index contributed by atoms with van der Waals surface area (Å²) in [4.78, 5) is 7.04. The van der Waals surface area contributed by atoms with Crippen LogP contribution in [-0.4, -0.2) is 39.1 Å². The van der Waals surface area contributed by atoms with Gasteiger partial charge >= 0.3 is 0 Å². The molecular weight excluding hydrogens is 276 g/mol. The maximum absolute atomic E-state index is 12.1. The monoisotopic (exact) mass is 294 g/mol. The van der Waals surface area contributed by atoms with E-state index in [1.807, 2.05) is 19.1 Å². The number of aromatic nitrogens is 1. The minimum atomic E-state index is -3.54. The number of pyridine rings is 1. The molecule has 20 heavy (non-hydrogen) atoms. The smallest absolute Gasteiger partial charge is 0.253 e. The number of anilines is 1. The van der Waals surface area contributed by atoms with Crippen molar-refractivity contribution in [2.24, 2.45) is 0 Å². The third-order valence-corrected chi connectivity index (χ3v) is 4.11. The highest BCUT2D eigenvalue weighted by molar-refractivity contribution is 7.89. The van der Waals surface area contributed by atoms with Crippen molar-refractivity contribution in [3.8, 4) is 0 Å². The molecule has 0 saturated carbocycles. The highest BCUT2D eigenvalue weighted by atomic mass is 32.2. The van der Waals surface area contributed by atoms with Gasteiger partial charge in [0.2, 0.25) is 0 Å². The zero-order valence-electron chi connectivity index (χ0n) is 11.7. The molecule has 1 aromatic carbocycles. The second kappa shape index (κ2) is 5.74. The average molecular weight is 294 g/mol. The van der Waals surface area contributed by atoms with Gasteiger partial charge in [0.05, 0.1) is 10.4 Å². The van der Waals surface area contributed by atoms with E-state index >= 15 is 0 Å². The van der Waals surface area contributed by atoms with Crippen LogP contribution in [0.1, 0.15) is 6.92 Å². The lowest BCUT2D eigenvalue weighted by Gasteiger charge is -2.13. The van der Waals surface area contributed by atoms with Crippen molar-refractivity contribution < 1.29 is 8.42 Å². The van der Waals surface area contributed by atoms with Crippen LogP contribution < -0.4 is 10.1 Å². The lowest BCUT2D eigenvalue weighted by atomic mass is 10.2. The fourth-order valence-electron chi connectivity index (χ4n) is 1.84. The van der Waals surface area contributed by atoms with Crippen LogP contribution in [0.25, 0.3) is 10.9 Å². The van der Waals surface area contributed by atoms with Crippen molar-refractivity contribution in [3.05, 3.63) is 30.3 Å². The number of benzene rings is 1. The quantitative estimate of drug-likeness (QED) is 0.816. The predicted molar refractivity (Wildman–Crippen MR) is 79.9 cm³/mol. The first-order chi connectivity index (χ1) is 9.42. The van der Waals surface area contributed by atoms with Gasteiger partial charge in [0.15, 0.2) is 0 Å². The average Bonchev–Trinajstić information content (AvgIpc) is 2.37. The Morgan fingerprint density at radius 3 is 2.60 bits per heavy atom. The minimum absolute atomic E-state index is 0.219. The Bertz CT molecular complexity index is 713. The highest BCUT2D eigenvalue weighted by Crippen LogP contribution is 2.19. The first-order valence-corrected chi connectivity index (χ1v) is 7.75. The third-order valence-electron chi connectivity index (χ3n) is 2.63. The summed E-state index contributed by atoms with van der Waals surface area (Å²) in [7, 11) is -0.283. The lowest BCUT2D eigenvalue weighted by molar-refractivity contribution is 0.364. The van der Waals surface area contributed by atoms with Crippen LogP contribution in [0.2, 0.25) is 0 Å². The number of nitrogens with one attached hydrogen (secondary N) is 2. The molecule has 2 N–H and O–H groups in total.